The highest BCUT2D eigenvalue weighted by atomic mass is 16.2. The Kier molecular flexibility index (Phi) is 6.03. The molecule has 0 saturated carbocycles. The first-order valence-corrected chi connectivity index (χ1v) is 6.97. The van der Waals surface area contributed by atoms with Crippen LogP contribution in [-0.2, 0) is 17.6 Å². The Bertz CT molecular complexity index is 398. The molecule has 0 aromatic heterocycles. The molecule has 0 aliphatic rings. The number of nitrogens with two attached hydrogens (primary N) is 1. The minimum atomic E-state index is 0.0905. The summed E-state index contributed by atoms with van der Waals surface area (Å²) in [6.45, 7) is 6.88. The summed E-state index contributed by atoms with van der Waals surface area (Å²) in [5, 5.41) is 0. The van der Waals surface area contributed by atoms with Gasteiger partial charge in [-0.25, -0.2) is 0 Å². The van der Waals surface area contributed by atoms with E-state index in [0.29, 0.717) is 18.9 Å². The van der Waals surface area contributed by atoms with Crippen LogP contribution >= 0.6 is 0 Å². The number of likely N-dealkylation sites (N-methyl/N-ethyl adjacent to an activating group) is 1. The summed E-state index contributed by atoms with van der Waals surface area (Å²) in [7, 11) is 1.81. The van der Waals surface area contributed by atoms with Gasteiger partial charge in [-0.15, -0.1) is 0 Å². The Morgan fingerprint density at radius 3 is 2.16 bits per heavy atom. The molecule has 0 spiro atoms. The van der Waals surface area contributed by atoms with Crippen LogP contribution in [0, 0.1) is 5.92 Å². The fourth-order valence-corrected chi connectivity index (χ4v) is 1.97. The molecule has 1 rings (SSSR count). The molecular formula is C16H26N2O. The fourth-order valence-electron chi connectivity index (χ4n) is 1.97. The number of amides is 1. The summed E-state index contributed by atoms with van der Waals surface area (Å²) in [6, 6.07) is 8.43. The van der Waals surface area contributed by atoms with Crippen molar-refractivity contribution in [1.29, 1.82) is 0 Å². The van der Waals surface area contributed by atoms with Gasteiger partial charge in [-0.05, 0) is 30.4 Å². The van der Waals surface area contributed by atoms with E-state index >= 15 is 0 Å². The van der Waals surface area contributed by atoms with Gasteiger partial charge in [0.25, 0.3) is 0 Å². The Hall–Kier alpha value is -1.35. The molecule has 0 heterocycles. The highest BCUT2D eigenvalue weighted by Gasteiger charge is 2.14. The number of carbonyl (C=O) groups excluding carboxylic acids is 1. The molecule has 2 N–H and O–H groups in total. The van der Waals surface area contributed by atoms with E-state index in [4.69, 9.17) is 5.73 Å². The normalized spacial score (nSPS) is 12.5. The molecule has 1 unspecified atom stereocenters. The second-order valence-corrected chi connectivity index (χ2v) is 5.68. The highest BCUT2D eigenvalue weighted by molar-refractivity contribution is 5.78. The first-order valence-electron chi connectivity index (χ1n) is 6.97. The second-order valence-electron chi connectivity index (χ2n) is 5.68. The Balaban J connectivity index is 2.60. The van der Waals surface area contributed by atoms with Crippen LogP contribution in [0.1, 0.15) is 31.9 Å². The fraction of sp³-hybridized carbons (Fsp3) is 0.562. The molecule has 1 amide bonds. The van der Waals surface area contributed by atoms with Crippen molar-refractivity contribution in [2.24, 2.45) is 11.7 Å². The molecule has 3 nitrogen and oxygen atoms in total. The largest absolute Gasteiger partial charge is 0.341 e. The maximum atomic E-state index is 12.0. The molecule has 0 bridgehead atoms. The van der Waals surface area contributed by atoms with Crippen molar-refractivity contribution >= 4 is 5.91 Å². The summed E-state index contributed by atoms with van der Waals surface area (Å²) < 4.78 is 0. The van der Waals surface area contributed by atoms with Gasteiger partial charge < -0.3 is 10.6 Å². The maximum Gasteiger partial charge on any atom is 0.227 e. The Labute approximate surface area is 116 Å². The van der Waals surface area contributed by atoms with Crippen LogP contribution in [0.5, 0.6) is 0 Å². The molecule has 1 atom stereocenters. The summed E-state index contributed by atoms with van der Waals surface area (Å²) in [5.74, 6) is 0.776. The van der Waals surface area contributed by atoms with Gasteiger partial charge in [-0.2, -0.15) is 0 Å². The first kappa shape index (κ1) is 15.7. The summed E-state index contributed by atoms with van der Waals surface area (Å²) in [6.07, 6.45) is 1.53. The minimum absolute atomic E-state index is 0.0905. The first-order chi connectivity index (χ1) is 8.93. The van der Waals surface area contributed by atoms with Crippen LogP contribution in [0.3, 0.4) is 0 Å². The van der Waals surface area contributed by atoms with Crippen LogP contribution in [0.2, 0.25) is 0 Å². The third kappa shape index (κ3) is 5.03. The third-order valence-corrected chi connectivity index (χ3v) is 3.42. The van der Waals surface area contributed by atoms with E-state index < -0.39 is 0 Å². The summed E-state index contributed by atoms with van der Waals surface area (Å²) in [5.41, 5.74) is 7.97. The molecule has 1 aromatic rings. The quantitative estimate of drug-likeness (QED) is 0.854. The van der Waals surface area contributed by atoms with E-state index in [2.05, 4.69) is 38.1 Å². The van der Waals surface area contributed by atoms with Crippen molar-refractivity contribution < 1.29 is 4.79 Å². The summed E-state index contributed by atoms with van der Waals surface area (Å²) in [4.78, 5) is 13.8. The van der Waals surface area contributed by atoms with E-state index in [1.165, 1.54) is 5.56 Å². The molecule has 3 heteroatoms. The monoisotopic (exact) mass is 262 g/mol. The van der Waals surface area contributed by atoms with Crippen molar-refractivity contribution in [3.05, 3.63) is 35.4 Å². The Morgan fingerprint density at radius 2 is 1.68 bits per heavy atom. The number of rotatable bonds is 6. The highest BCUT2D eigenvalue weighted by Crippen LogP contribution is 2.11. The van der Waals surface area contributed by atoms with Crippen LogP contribution in [0.25, 0.3) is 0 Å². The SMILES string of the molecule is CC(C)Cc1ccc(CC(=O)N(C)C(C)CN)cc1. The summed E-state index contributed by atoms with van der Waals surface area (Å²) >= 11 is 0. The molecule has 0 radical (unpaired) electrons. The standard InChI is InChI=1S/C16H26N2O/c1-12(2)9-14-5-7-15(8-6-14)10-16(19)18(4)13(3)11-17/h5-8,12-13H,9-11,17H2,1-4H3. The molecule has 106 valence electrons. The maximum absolute atomic E-state index is 12.0. The third-order valence-electron chi connectivity index (χ3n) is 3.42. The van der Waals surface area contributed by atoms with Crippen molar-refractivity contribution in [3.8, 4) is 0 Å². The van der Waals surface area contributed by atoms with Crippen molar-refractivity contribution in [1.82, 2.24) is 4.90 Å². The molecule has 1 aromatic carbocycles. The van der Waals surface area contributed by atoms with Crippen LogP contribution in [-0.4, -0.2) is 30.4 Å². The van der Waals surface area contributed by atoms with E-state index in [9.17, 15) is 4.79 Å². The molecule has 0 saturated heterocycles. The van der Waals surface area contributed by atoms with Crippen LogP contribution < -0.4 is 5.73 Å². The van der Waals surface area contributed by atoms with Crippen molar-refractivity contribution in [3.63, 3.8) is 0 Å². The number of hydrogen-bond donors (Lipinski definition) is 1. The predicted molar refractivity (Wildman–Crippen MR) is 80.0 cm³/mol. The van der Waals surface area contributed by atoms with E-state index in [0.717, 1.165) is 12.0 Å². The van der Waals surface area contributed by atoms with E-state index in [1.807, 2.05) is 14.0 Å². The number of hydrogen-bond acceptors (Lipinski definition) is 2. The van der Waals surface area contributed by atoms with Gasteiger partial charge in [0.1, 0.15) is 0 Å². The number of benzene rings is 1. The second kappa shape index (κ2) is 7.29. The lowest BCUT2D eigenvalue weighted by atomic mass is 10.0. The van der Waals surface area contributed by atoms with Gasteiger partial charge in [-0.1, -0.05) is 38.1 Å². The van der Waals surface area contributed by atoms with Gasteiger partial charge >= 0.3 is 0 Å². The van der Waals surface area contributed by atoms with Crippen molar-refractivity contribution in [2.75, 3.05) is 13.6 Å². The van der Waals surface area contributed by atoms with Crippen molar-refractivity contribution in [2.45, 2.75) is 39.7 Å². The molecule has 0 aliphatic carbocycles. The number of carbonyl (C=O) groups is 1. The van der Waals surface area contributed by atoms with E-state index in [1.54, 1.807) is 4.90 Å². The minimum Gasteiger partial charge on any atom is -0.341 e. The zero-order valence-electron chi connectivity index (χ0n) is 12.5. The zero-order valence-corrected chi connectivity index (χ0v) is 12.5. The van der Waals surface area contributed by atoms with E-state index in [-0.39, 0.29) is 11.9 Å². The lowest BCUT2D eigenvalue weighted by Crippen LogP contribution is -2.40. The molecular weight excluding hydrogens is 236 g/mol. The number of nitrogens with zero attached hydrogens (tertiary/aromatic N) is 1. The van der Waals surface area contributed by atoms with Gasteiger partial charge in [0.05, 0.1) is 6.42 Å². The molecule has 0 aliphatic heterocycles. The molecule has 0 fully saturated rings. The van der Waals surface area contributed by atoms with Gasteiger partial charge in [0.15, 0.2) is 0 Å². The van der Waals surface area contributed by atoms with Gasteiger partial charge in [0, 0.05) is 19.6 Å². The van der Waals surface area contributed by atoms with Gasteiger partial charge in [0.2, 0.25) is 5.91 Å². The van der Waals surface area contributed by atoms with Crippen LogP contribution in [0.4, 0.5) is 0 Å². The smallest absolute Gasteiger partial charge is 0.227 e. The average molecular weight is 262 g/mol. The zero-order chi connectivity index (χ0) is 14.4. The van der Waals surface area contributed by atoms with Crippen LogP contribution in [0.15, 0.2) is 24.3 Å². The predicted octanol–water partition coefficient (Wildman–Crippen LogP) is 2.23. The average Bonchev–Trinajstić information content (AvgIpc) is 2.38. The lowest BCUT2D eigenvalue weighted by molar-refractivity contribution is -0.130. The Morgan fingerprint density at radius 1 is 1.16 bits per heavy atom. The van der Waals surface area contributed by atoms with Gasteiger partial charge in [-0.3, -0.25) is 4.79 Å². The molecule has 19 heavy (non-hydrogen) atoms. The lowest BCUT2D eigenvalue weighted by Gasteiger charge is -2.23. The topological polar surface area (TPSA) is 46.3 Å².